The zero-order valence-electron chi connectivity index (χ0n) is 16.8. The highest BCUT2D eigenvalue weighted by molar-refractivity contribution is 6.37. The Morgan fingerprint density at radius 2 is 1.27 bits per heavy atom. The highest BCUT2D eigenvalue weighted by Crippen LogP contribution is 2.13. The van der Waals surface area contributed by atoms with Crippen molar-refractivity contribution in [3.63, 3.8) is 0 Å². The fourth-order valence-corrected chi connectivity index (χ4v) is 2.91. The van der Waals surface area contributed by atoms with Crippen LogP contribution in [-0.4, -0.2) is 59.3 Å². The molecule has 0 N–H and O–H groups in total. The van der Waals surface area contributed by atoms with Gasteiger partial charge in [-0.2, -0.15) is 10.2 Å². The van der Waals surface area contributed by atoms with Crippen molar-refractivity contribution in [1.82, 2.24) is 10.0 Å². The summed E-state index contributed by atoms with van der Waals surface area (Å²) in [4.78, 5) is 47.1. The lowest BCUT2D eigenvalue weighted by atomic mass is 10.1. The van der Waals surface area contributed by atoms with Gasteiger partial charge in [-0.15, -0.1) is 0 Å². The fourth-order valence-electron chi connectivity index (χ4n) is 2.91. The molecule has 158 valence electrons. The number of carbonyl (C=O) groups is 4. The minimum atomic E-state index is -0.569. The molecule has 0 fully saturated rings. The molecule has 3 rings (SSSR count). The highest BCUT2D eigenvalue weighted by atomic mass is 16.5. The van der Waals surface area contributed by atoms with E-state index < -0.39 is 11.9 Å². The molecule has 0 saturated heterocycles. The first-order valence-electron chi connectivity index (χ1n) is 9.43. The molecule has 1 aromatic carbocycles. The Bertz CT molecular complexity index is 868. The number of rotatable bonds is 6. The number of benzene rings is 1. The van der Waals surface area contributed by atoms with Gasteiger partial charge in [-0.05, 0) is 17.2 Å². The summed E-state index contributed by atoms with van der Waals surface area (Å²) in [6.07, 6.45) is 0.951. The Balaban J connectivity index is 1.52. The van der Waals surface area contributed by atoms with Gasteiger partial charge in [0.2, 0.25) is 11.8 Å². The zero-order chi connectivity index (χ0) is 21.7. The maximum absolute atomic E-state index is 12.1. The molecule has 0 spiro atoms. The largest absolute Gasteiger partial charge is 0.456 e. The second-order valence-electron chi connectivity index (χ2n) is 6.90. The van der Waals surface area contributed by atoms with Crippen LogP contribution in [0.1, 0.15) is 36.8 Å². The molecule has 1 aromatic rings. The fraction of sp³-hybridized carbons (Fsp3) is 0.400. The molecular weight excluding hydrogens is 392 g/mol. The van der Waals surface area contributed by atoms with Crippen LogP contribution in [0.25, 0.3) is 0 Å². The first kappa shape index (κ1) is 21.2. The van der Waals surface area contributed by atoms with Crippen LogP contribution in [0.3, 0.4) is 0 Å². The van der Waals surface area contributed by atoms with E-state index in [1.54, 1.807) is 24.3 Å². The summed E-state index contributed by atoms with van der Waals surface area (Å²) >= 11 is 0. The molecule has 2 amide bonds. The minimum Gasteiger partial charge on any atom is -0.456 e. The van der Waals surface area contributed by atoms with Crippen molar-refractivity contribution < 1.29 is 28.7 Å². The van der Waals surface area contributed by atoms with E-state index in [1.807, 2.05) is 0 Å². The van der Waals surface area contributed by atoms with E-state index in [0.29, 0.717) is 0 Å². The predicted octanol–water partition coefficient (Wildman–Crippen LogP) is 0.989. The molecule has 0 saturated carbocycles. The van der Waals surface area contributed by atoms with Crippen LogP contribution >= 0.6 is 0 Å². The first-order valence-corrected chi connectivity index (χ1v) is 9.43. The molecule has 2 aliphatic rings. The summed E-state index contributed by atoms with van der Waals surface area (Å²) in [6.45, 7) is 0.0494. The van der Waals surface area contributed by atoms with E-state index in [2.05, 4.69) is 10.2 Å². The number of nitrogens with zero attached hydrogens (tertiary/aromatic N) is 4. The third kappa shape index (κ3) is 5.28. The maximum Gasteiger partial charge on any atom is 0.354 e. The van der Waals surface area contributed by atoms with E-state index in [-0.39, 0.29) is 62.1 Å². The van der Waals surface area contributed by atoms with Crippen LogP contribution in [0.5, 0.6) is 0 Å². The van der Waals surface area contributed by atoms with Crippen molar-refractivity contribution in [2.75, 3.05) is 14.1 Å². The van der Waals surface area contributed by atoms with Gasteiger partial charge in [0.25, 0.3) is 0 Å². The molecule has 0 aliphatic carbocycles. The van der Waals surface area contributed by atoms with Gasteiger partial charge in [0.05, 0.1) is 0 Å². The van der Waals surface area contributed by atoms with Crippen molar-refractivity contribution in [3.05, 3.63) is 35.4 Å². The summed E-state index contributed by atoms with van der Waals surface area (Å²) < 4.78 is 10.6. The Labute approximate surface area is 173 Å². The van der Waals surface area contributed by atoms with Gasteiger partial charge in [-0.3, -0.25) is 9.59 Å². The number of ether oxygens (including phenoxy) is 2. The van der Waals surface area contributed by atoms with Gasteiger partial charge < -0.3 is 9.47 Å². The SMILES string of the molecule is CN1N=C(C(=O)OCc2cccc(COC(=O)C3=NN(C)C(=O)CC3)c2)CCC1=O. The van der Waals surface area contributed by atoms with E-state index in [0.717, 1.165) is 21.1 Å². The van der Waals surface area contributed by atoms with Gasteiger partial charge in [0, 0.05) is 39.8 Å². The van der Waals surface area contributed by atoms with Gasteiger partial charge in [-0.1, -0.05) is 18.2 Å². The summed E-state index contributed by atoms with van der Waals surface area (Å²) in [5.74, 6) is -1.43. The topological polar surface area (TPSA) is 118 Å². The molecule has 0 aromatic heterocycles. The van der Waals surface area contributed by atoms with Crippen LogP contribution in [0.4, 0.5) is 0 Å². The predicted molar refractivity (Wildman–Crippen MR) is 105 cm³/mol. The quantitative estimate of drug-likeness (QED) is 0.641. The molecule has 2 aliphatic heterocycles. The Morgan fingerprint density at radius 3 is 1.67 bits per heavy atom. The molecule has 10 heteroatoms. The Kier molecular flexibility index (Phi) is 6.55. The summed E-state index contributed by atoms with van der Waals surface area (Å²) in [7, 11) is 2.99. The van der Waals surface area contributed by atoms with Gasteiger partial charge >= 0.3 is 11.9 Å². The smallest absolute Gasteiger partial charge is 0.354 e. The molecular formula is C20H22N4O6. The van der Waals surface area contributed by atoms with Crippen molar-refractivity contribution in [1.29, 1.82) is 0 Å². The van der Waals surface area contributed by atoms with E-state index >= 15 is 0 Å². The average molecular weight is 414 g/mol. The lowest BCUT2D eigenvalue weighted by Gasteiger charge is -2.18. The molecule has 0 unspecified atom stereocenters. The maximum atomic E-state index is 12.1. The summed E-state index contributed by atoms with van der Waals surface area (Å²) in [5, 5.41) is 10.1. The second kappa shape index (κ2) is 9.29. The van der Waals surface area contributed by atoms with Crippen LogP contribution in [0, 0.1) is 0 Å². The summed E-state index contributed by atoms with van der Waals surface area (Å²) in [6, 6.07) is 7.09. The normalized spacial score (nSPS) is 16.7. The molecule has 0 radical (unpaired) electrons. The number of carbonyl (C=O) groups excluding carboxylic acids is 4. The first-order chi connectivity index (χ1) is 14.3. The van der Waals surface area contributed by atoms with Crippen LogP contribution in [-0.2, 0) is 41.9 Å². The monoisotopic (exact) mass is 414 g/mol. The van der Waals surface area contributed by atoms with Crippen LogP contribution in [0.15, 0.2) is 34.5 Å². The standard InChI is InChI=1S/C20H22N4O6/c1-23-17(25)8-6-15(21-23)19(27)29-11-13-4-3-5-14(10-13)12-30-20(28)16-7-9-18(26)24(2)22-16/h3-5,10H,6-9,11-12H2,1-2H3. The lowest BCUT2D eigenvalue weighted by molar-refractivity contribution is -0.138. The molecule has 10 nitrogen and oxygen atoms in total. The van der Waals surface area contributed by atoms with Crippen molar-refractivity contribution in [2.24, 2.45) is 10.2 Å². The number of hydrogen-bond acceptors (Lipinski definition) is 8. The molecule has 2 heterocycles. The zero-order valence-corrected chi connectivity index (χ0v) is 16.8. The van der Waals surface area contributed by atoms with Gasteiger partial charge in [0.1, 0.15) is 24.6 Å². The van der Waals surface area contributed by atoms with Crippen molar-refractivity contribution >= 4 is 35.2 Å². The molecule has 0 bridgehead atoms. The number of hydrazone groups is 2. The summed E-state index contributed by atoms with van der Waals surface area (Å²) in [5.41, 5.74) is 1.86. The van der Waals surface area contributed by atoms with Crippen molar-refractivity contribution in [3.8, 4) is 0 Å². The highest BCUT2D eigenvalue weighted by Gasteiger charge is 2.24. The third-order valence-electron chi connectivity index (χ3n) is 4.62. The van der Waals surface area contributed by atoms with Crippen LogP contribution < -0.4 is 0 Å². The second-order valence-corrected chi connectivity index (χ2v) is 6.90. The molecule has 0 atom stereocenters. The van der Waals surface area contributed by atoms with E-state index in [9.17, 15) is 19.2 Å². The van der Waals surface area contributed by atoms with Gasteiger partial charge in [-0.25, -0.2) is 19.6 Å². The number of hydrogen-bond donors (Lipinski definition) is 0. The average Bonchev–Trinajstić information content (AvgIpc) is 2.74. The van der Waals surface area contributed by atoms with Gasteiger partial charge in [0.15, 0.2) is 0 Å². The third-order valence-corrected chi connectivity index (χ3v) is 4.62. The lowest BCUT2D eigenvalue weighted by Crippen LogP contribution is -2.32. The van der Waals surface area contributed by atoms with E-state index in [1.165, 1.54) is 14.1 Å². The Hall–Kier alpha value is -3.56. The minimum absolute atomic E-state index is 0.0247. The van der Waals surface area contributed by atoms with Crippen molar-refractivity contribution in [2.45, 2.75) is 38.9 Å². The molecule has 30 heavy (non-hydrogen) atoms. The van der Waals surface area contributed by atoms with E-state index in [4.69, 9.17) is 9.47 Å². The van der Waals surface area contributed by atoms with Crippen LogP contribution in [0.2, 0.25) is 0 Å². The Morgan fingerprint density at radius 1 is 0.833 bits per heavy atom. The number of amides is 2. The number of esters is 2.